The number of benzene rings is 2. The van der Waals surface area contributed by atoms with E-state index < -0.39 is 5.91 Å². The first-order valence-corrected chi connectivity index (χ1v) is 9.41. The Morgan fingerprint density at radius 2 is 1.87 bits per heavy atom. The van der Waals surface area contributed by atoms with Gasteiger partial charge in [-0.15, -0.1) is 10.2 Å². The number of oxazole rings is 1. The molecule has 3 aromatic heterocycles. The van der Waals surface area contributed by atoms with Crippen LogP contribution in [0.1, 0.15) is 16.1 Å². The number of amides is 1. The van der Waals surface area contributed by atoms with Crippen molar-refractivity contribution in [3.8, 4) is 23.0 Å². The fourth-order valence-electron chi connectivity index (χ4n) is 3.15. The highest BCUT2D eigenvalue weighted by Gasteiger charge is 2.15. The second-order valence-corrected chi connectivity index (χ2v) is 6.93. The van der Waals surface area contributed by atoms with Crippen molar-refractivity contribution in [2.24, 2.45) is 0 Å². The number of nitrogens with one attached hydrogen (secondary N) is 1. The van der Waals surface area contributed by atoms with Crippen molar-refractivity contribution in [2.45, 2.75) is 6.92 Å². The van der Waals surface area contributed by atoms with E-state index in [9.17, 15) is 9.90 Å². The van der Waals surface area contributed by atoms with Crippen LogP contribution in [0.3, 0.4) is 0 Å². The van der Waals surface area contributed by atoms with Crippen molar-refractivity contribution >= 4 is 22.7 Å². The minimum Gasteiger partial charge on any atom is -0.507 e. The van der Waals surface area contributed by atoms with Crippen molar-refractivity contribution < 1.29 is 14.3 Å². The highest BCUT2D eigenvalue weighted by Crippen LogP contribution is 2.33. The van der Waals surface area contributed by atoms with Gasteiger partial charge in [0.2, 0.25) is 5.89 Å². The fraction of sp³-hybridized carbons (Fsp3) is 0.0455. The molecule has 31 heavy (non-hydrogen) atoms. The highest BCUT2D eigenvalue weighted by atomic mass is 16.3. The molecule has 0 bridgehead atoms. The van der Waals surface area contributed by atoms with Gasteiger partial charge in [-0.05, 0) is 55.0 Å². The maximum absolute atomic E-state index is 12.7. The van der Waals surface area contributed by atoms with Crippen molar-refractivity contribution in [1.29, 1.82) is 0 Å². The molecule has 0 radical (unpaired) electrons. The molecule has 2 aromatic carbocycles. The maximum Gasteiger partial charge on any atom is 0.274 e. The van der Waals surface area contributed by atoms with Crippen LogP contribution >= 0.6 is 0 Å². The van der Waals surface area contributed by atoms with Gasteiger partial charge in [0, 0.05) is 5.69 Å². The number of phenolic OH excluding ortho intramolecular Hbond substituents is 1. The standard InChI is InChI=1S/C22H16N6O3/c1-13-5-8-19-17(9-13)27-22(31-19)15-10-14(6-7-18(15)29)25-21(30)16-3-2-4-20(26-16)28-11-23-24-12-28/h2-12,29H,1H3,(H,25,30). The molecule has 0 saturated carbocycles. The zero-order valence-electron chi connectivity index (χ0n) is 16.4. The number of fused-ring (bicyclic) bond motifs is 1. The van der Waals surface area contributed by atoms with Crippen LogP contribution in [0, 0.1) is 6.92 Å². The van der Waals surface area contributed by atoms with E-state index in [0.717, 1.165) is 5.56 Å². The Bertz CT molecular complexity index is 1410. The van der Waals surface area contributed by atoms with Gasteiger partial charge >= 0.3 is 0 Å². The number of rotatable bonds is 4. The summed E-state index contributed by atoms with van der Waals surface area (Å²) >= 11 is 0. The van der Waals surface area contributed by atoms with Gasteiger partial charge in [0.05, 0.1) is 5.56 Å². The predicted molar refractivity (Wildman–Crippen MR) is 113 cm³/mol. The lowest BCUT2D eigenvalue weighted by atomic mass is 10.1. The number of hydrogen-bond acceptors (Lipinski definition) is 7. The lowest BCUT2D eigenvalue weighted by Gasteiger charge is -2.08. The summed E-state index contributed by atoms with van der Waals surface area (Å²) in [7, 11) is 0. The summed E-state index contributed by atoms with van der Waals surface area (Å²) < 4.78 is 7.38. The molecule has 0 saturated heterocycles. The number of hydrogen-bond donors (Lipinski definition) is 2. The summed E-state index contributed by atoms with van der Waals surface area (Å²) in [5.74, 6) is 0.376. The Morgan fingerprint density at radius 3 is 2.71 bits per heavy atom. The molecule has 0 fully saturated rings. The van der Waals surface area contributed by atoms with Crippen molar-refractivity contribution in [1.82, 2.24) is 24.7 Å². The molecule has 9 heteroatoms. The number of carbonyl (C=O) groups excluding carboxylic acids is 1. The van der Waals surface area contributed by atoms with Crippen LogP contribution in [-0.2, 0) is 0 Å². The fourth-order valence-corrected chi connectivity index (χ4v) is 3.15. The molecule has 152 valence electrons. The maximum atomic E-state index is 12.7. The number of aryl methyl sites for hydroxylation is 1. The highest BCUT2D eigenvalue weighted by molar-refractivity contribution is 6.03. The largest absolute Gasteiger partial charge is 0.507 e. The molecular weight excluding hydrogens is 396 g/mol. The molecule has 0 spiro atoms. The van der Waals surface area contributed by atoms with Gasteiger partial charge in [0.25, 0.3) is 5.91 Å². The Labute approximate surface area is 176 Å². The van der Waals surface area contributed by atoms with E-state index in [1.807, 2.05) is 25.1 Å². The van der Waals surface area contributed by atoms with Crippen LogP contribution in [0.4, 0.5) is 5.69 Å². The van der Waals surface area contributed by atoms with Gasteiger partial charge in [-0.25, -0.2) is 9.97 Å². The minimum absolute atomic E-state index is 0.00555. The van der Waals surface area contributed by atoms with E-state index in [-0.39, 0.29) is 17.3 Å². The first kappa shape index (κ1) is 18.5. The summed E-state index contributed by atoms with van der Waals surface area (Å²) in [6, 6.07) is 15.4. The molecule has 5 rings (SSSR count). The topological polar surface area (TPSA) is 119 Å². The van der Waals surface area contributed by atoms with Crippen LogP contribution in [0.2, 0.25) is 0 Å². The molecule has 5 aromatic rings. The van der Waals surface area contributed by atoms with Gasteiger partial charge in [-0.2, -0.15) is 0 Å². The number of carbonyl (C=O) groups is 1. The Morgan fingerprint density at radius 1 is 1.03 bits per heavy atom. The van der Waals surface area contributed by atoms with Crippen LogP contribution < -0.4 is 5.32 Å². The molecule has 0 unspecified atom stereocenters. The van der Waals surface area contributed by atoms with Crippen LogP contribution in [0.15, 0.2) is 71.7 Å². The van der Waals surface area contributed by atoms with E-state index in [1.165, 1.54) is 18.7 Å². The summed E-state index contributed by atoms with van der Waals surface area (Å²) in [6.07, 6.45) is 3.00. The quantitative estimate of drug-likeness (QED) is 0.432. The summed E-state index contributed by atoms with van der Waals surface area (Å²) in [5, 5.41) is 20.6. The van der Waals surface area contributed by atoms with E-state index in [0.29, 0.717) is 28.2 Å². The third-order valence-electron chi connectivity index (χ3n) is 4.68. The van der Waals surface area contributed by atoms with E-state index >= 15 is 0 Å². The SMILES string of the molecule is Cc1ccc2oc(-c3cc(NC(=O)c4cccc(-n5cnnc5)n4)ccc3O)nc2c1. The smallest absolute Gasteiger partial charge is 0.274 e. The summed E-state index contributed by atoms with van der Waals surface area (Å²) in [4.78, 5) is 21.5. The van der Waals surface area contributed by atoms with Gasteiger partial charge in [-0.3, -0.25) is 9.36 Å². The number of pyridine rings is 1. The molecule has 0 aliphatic heterocycles. The van der Waals surface area contributed by atoms with E-state index in [1.54, 1.807) is 34.9 Å². The zero-order chi connectivity index (χ0) is 21.4. The third kappa shape index (κ3) is 3.60. The normalized spacial score (nSPS) is 11.0. The first-order chi connectivity index (χ1) is 15.1. The van der Waals surface area contributed by atoms with Crippen molar-refractivity contribution in [3.05, 3.63) is 78.5 Å². The Balaban J connectivity index is 1.44. The van der Waals surface area contributed by atoms with Crippen LogP contribution in [0.5, 0.6) is 5.75 Å². The molecule has 9 nitrogen and oxygen atoms in total. The number of anilines is 1. The number of nitrogens with zero attached hydrogens (tertiary/aromatic N) is 5. The Kier molecular flexibility index (Phi) is 4.40. The average Bonchev–Trinajstić information content (AvgIpc) is 3.45. The molecule has 2 N–H and O–H groups in total. The molecule has 0 atom stereocenters. The van der Waals surface area contributed by atoms with Gasteiger partial charge in [0.15, 0.2) is 5.58 Å². The minimum atomic E-state index is -0.403. The molecule has 0 aliphatic carbocycles. The van der Waals surface area contributed by atoms with E-state index in [4.69, 9.17) is 4.42 Å². The molecule has 1 amide bonds. The van der Waals surface area contributed by atoms with Crippen molar-refractivity contribution in [2.75, 3.05) is 5.32 Å². The second kappa shape index (κ2) is 7.38. The molecule has 3 heterocycles. The van der Waals surface area contributed by atoms with E-state index in [2.05, 4.69) is 25.5 Å². The average molecular weight is 412 g/mol. The predicted octanol–water partition coefficient (Wildman–Crippen LogP) is 3.74. The zero-order valence-corrected chi connectivity index (χ0v) is 16.4. The number of aromatic hydroxyl groups is 1. The lowest BCUT2D eigenvalue weighted by molar-refractivity contribution is 0.102. The van der Waals surface area contributed by atoms with Crippen molar-refractivity contribution in [3.63, 3.8) is 0 Å². The van der Waals surface area contributed by atoms with Crippen LogP contribution in [0.25, 0.3) is 28.4 Å². The van der Waals surface area contributed by atoms with Crippen LogP contribution in [-0.4, -0.2) is 35.7 Å². The summed E-state index contributed by atoms with van der Waals surface area (Å²) in [5.41, 5.74) is 3.42. The summed E-state index contributed by atoms with van der Waals surface area (Å²) in [6.45, 7) is 1.97. The molecular formula is C22H16N6O3. The third-order valence-corrected chi connectivity index (χ3v) is 4.68. The first-order valence-electron chi connectivity index (χ1n) is 9.41. The van der Waals surface area contributed by atoms with Gasteiger partial charge in [-0.1, -0.05) is 12.1 Å². The second-order valence-electron chi connectivity index (χ2n) is 6.93. The van der Waals surface area contributed by atoms with Gasteiger partial charge < -0.3 is 14.8 Å². The number of aromatic nitrogens is 5. The molecule has 0 aliphatic rings. The monoisotopic (exact) mass is 412 g/mol. The van der Waals surface area contributed by atoms with Gasteiger partial charge in [0.1, 0.15) is 35.4 Å². The number of phenols is 1. The Hall–Kier alpha value is -4.53. The lowest BCUT2D eigenvalue weighted by Crippen LogP contribution is -2.14.